The molecule has 2 aromatic rings. The predicted octanol–water partition coefficient (Wildman–Crippen LogP) is 2.12. The van der Waals surface area contributed by atoms with E-state index in [0.717, 1.165) is 10.4 Å². The third-order valence-corrected chi connectivity index (χ3v) is 3.67. The summed E-state index contributed by atoms with van der Waals surface area (Å²) in [4.78, 5) is 1.15. The van der Waals surface area contributed by atoms with Gasteiger partial charge in [0.15, 0.2) is 0 Å². The monoisotopic (exact) mass is 293 g/mol. The molecule has 5 heteroatoms. The molecule has 0 aliphatic carbocycles. The quantitative estimate of drug-likeness (QED) is 0.698. The Morgan fingerprint density at radius 2 is 2.05 bits per heavy atom. The Balaban J connectivity index is 1.60. The largest absolute Gasteiger partial charge is 0.508 e. The molecule has 1 aromatic heterocycles. The molecule has 1 atom stereocenters. The molecule has 1 aromatic carbocycles. The lowest BCUT2D eigenvalue weighted by molar-refractivity contribution is 0.0297. The molecule has 0 amide bonds. The number of hydrogen-bond donors (Lipinski definition) is 3. The number of aromatic hydroxyl groups is 1. The van der Waals surface area contributed by atoms with Crippen LogP contribution in [0.2, 0.25) is 0 Å². The van der Waals surface area contributed by atoms with Crippen molar-refractivity contribution in [2.24, 2.45) is 0 Å². The highest BCUT2D eigenvalue weighted by Crippen LogP contribution is 2.14. The second-order valence-corrected chi connectivity index (χ2v) is 5.54. The van der Waals surface area contributed by atoms with Crippen LogP contribution in [0.15, 0.2) is 41.8 Å². The standard InChI is InChI=1S/C15H19NO3S/c17-13(10-19-11-14-5-3-7-20-14)9-16-8-12-4-1-2-6-15(12)18/h1-7,13,16-18H,8-11H2. The van der Waals surface area contributed by atoms with E-state index < -0.39 is 6.10 Å². The lowest BCUT2D eigenvalue weighted by atomic mass is 10.2. The second-order valence-electron chi connectivity index (χ2n) is 4.51. The van der Waals surface area contributed by atoms with E-state index in [1.54, 1.807) is 23.5 Å². The lowest BCUT2D eigenvalue weighted by Gasteiger charge is -2.12. The van der Waals surface area contributed by atoms with E-state index in [1.165, 1.54) is 0 Å². The summed E-state index contributed by atoms with van der Waals surface area (Å²) >= 11 is 1.64. The molecule has 1 unspecified atom stereocenters. The zero-order chi connectivity index (χ0) is 14.2. The van der Waals surface area contributed by atoms with Crippen LogP contribution in [0.1, 0.15) is 10.4 Å². The summed E-state index contributed by atoms with van der Waals surface area (Å²) in [7, 11) is 0. The van der Waals surface area contributed by atoms with Gasteiger partial charge < -0.3 is 20.3 Å². The van der Waals surface area contributed by atoms with E-state index >= 15 is 0 Å². The van der Waals surface area contributed by atoms with Crippen LogP contribution in [0.5, 0.6) is 5.75 Å². The van der Waals surface area contributed by atoms with E-state index in [9.17, 15) is 10.2 Å². The maximum Gasteiger partial charge on any atom is 0.120 e. The van der Waals surface area contributed by atoms with Crippen LogP contribution >= 0.6 is 11.3 Å². The number of phenolic OH excluding ortho intramolecular Hbond substituents is 1. The van der Waals surface area contributed by atoms with Crippen molar-refractivity contribution in [3.05, 3.63) is 52.2 Å². The van der Waals surface area contributed by atoms with Gasteiger partial charge in [0.2, 0.25) is 0 Å². The Bertz CT molecular complexity index is 502. The van der Waals surface area contributed by atoms with Crippen LogP contribution in [0.4, 0.5) is 0 Å². The fraction of sp³-hybridized carbons (Fsp3) is 0.333. The average molecular weight is 293 g/mol. The third kappa shape index (κ3) is 4.94. The fourth-order valence-electron chi connectivity index (χ4n) is 1.78. The van der Waals surface area contributed by atoms with Crippen molar-refractivity contribution in [1.82, 2.24) is 5.32 Å². The lowest BCUT2D eigenvalue weighted by Crippen LogP contribution is -2.30. The minimum atomic E-state index is -0.555. The maximum atomic E-state index is 9.78. The van der Waals surface area contributed by atoms with Crippen LogP contribution in [-0.4, -0.2) is 29.5 Å². The molecular weight excluding hydrogens is 274 g/mol. The van der Waals surface area contributed by atoms with Gasteiger partial charge in [-0.1, -0.05) is 24.3 Å². The highest BCUT2D eigenvalue weighted by Gasteiger charge is 2.05. The van der Waals surface area contributed by atoms with Gasteiger partial charge in [-0.2, -0.15) is 0 Å². The van der Waals surface area contributed by atoms with E-state index in [0.29, 0.717) is 26.3 Å². The number of nitrogens with one attached hydrogen (secondary N) is 1. The molecule has 0 radical (unpaired) electrons. The first-order valence-electron chi connectivity index (χ1n) is 6.51. The maximum absolute atomic E-state index is 9.78. The minimum absolute atomic E-state index is 0.267. The van der Waals surface area contributed by atoms with Gasteiger partial charge in [-0.25, -0.2) is 0 Å². The highest BCUT2D eigenvalue weighted by atomic mass is 32.1. The Morgan fingerprint density at radius 1 is 1.20 bits per heavy atom. The van der Waals surface area contributed by atoms with Crippen molar-refractivity contribution in [2.75, 3.05) is 13.2 Å². The Kier molecular flexibility index (Phi) is 6.01. The van der Waals surface area contributed by atoms with Crippen molar-refractivity contribution in [1.29, 1.82) is 0 Å². The number of para-hydroxylation sites is 1. The van der Waals surface area contributed by atoms with Gasteiger partial charge in [0.25, 0.3) is 0 Å². The summed E-state index contributed by atoms with van der Waals surface area (Å²) in [6.07, 6.45) is -0.555. The van der Waals surface area contributed by atoms with Crippen molar-refractivity contribution in [3.8, 4) is 5.75 Å². The smallest absolute Gasteiger partial charge is 0.120 e. The molecular formula is C15H19NO3S. The highest BCUT2D eigenvalue weighted by molar-refractivity contribution is 7.09. The van der Waals surface area contributed by atoms with E-state index in [1.807, 2.05) is 29.6 Å². The number of phenols is 1. The number of thiophene rings is 1. The number of ether oxygens (including phenoxy) is 1. The summed E-state index contributed by atoms with van der Waals surface area (Å²) in [5.74, 6) is 0.267. The topological polar surface area (TPSA) is 61.7 Å². The summed E-state index contributed by atoms with van der Waals surface area (Å²) < 4.78 is 5.44. The minimum Gasteiger partial charge on any atom is -0.508 e. The normalized spacial score (nSPS) is 12.4. The van der Waals surface area contributed by atoms with Crippen LogP contribution in [0.3, 0.4) is 0 Å². The van der Waals surface area contributed by atoms with Gasteiger partial charge in [0, 0.05) is 23.5 Å². The molecule has 4 nitrogen and oxygen atoms in total. The Hall–Kier alpha value is -1.40. The van der Waals surface area contributed by atoms with Crippen LogP contribution in [0, 0.1) is 0 Å². The zero-order valence-electron chi connectivity index (χ0n) is 11.2. The van der Waals surface area contributed by atoms with Crippen molar-refractivity contribution in [3.63, 3.8) is 0 Å². The van der Waals surface area contributed by atoms with Crippen molar-refractivity contribution < 1.29 is 14.9 Å². The number of aliphatic hydroxyl groups is 1. The molecule has 0 aliphatic rings. The summed E-state index contributed by atoms with van der Waals surface area (Å²) in [5.41, 5.74) is 0.819. The van der Waals surface area contributed by atoms with Gasteiger partial charge in [-0.3, -0.25) is 0 Å². The van der Waals surface area contributed by atoms with Gasteiger partial charge in [-0.15, -0.1) is 11.3 Å². The molecule has 20 heavy (non-hydrogen) atoms. The van der Waals surface area contributed by atoms with Gasteiger partial charge >= 0.3 is 0 Å². The summed E-state index contributed by atoms with van der Waals surface area (Å²) in [6.45, 7) is 1.79. The first-order chi connectivity index (χ1) is 9.75. The number of benzene rings is 1. The van der Waals surface area contributed by atoms with Gasteiger partial charge in [0.05, 0.1) is 19.3 Å². The molecule has 3 N–H and O–H groups in total. The second kappa shape index (κ2) is 8.01. The first-order valence-corrected chi connectivity index (χ1v) is 7.39. The first kappa shape index (κ1) is 15.0. The number of rotatable bonds is 8. The fourth-order valence-corrected chi connectivity index (χ4v) is 2.42. The van der Waals surface area contributed by atoms with Crippen LogP contribution < -0.4 is 5.32 Å². The summed E-state index contributed by atoms with van der Waals surface area (Å²) in [6, 6.07) is 11.1. The van der Waals surface area contributed by atoms with Crippen molar-refractivity contribution in [2.45, 2.75) is 19.3 Å². The van der Waals surface area contributed by atoms with Crippen LogP contribution in [-0.2, 0) is 17.9 Å². The van der Waals surface area contributed by atoms with E-state index in [2.05, 4.69) is 5.32 Å². The Labute approximate surface area is 122 Å². The zero-order valence-corrected chi connectivity index (χ0v) is 12.0. The SMILES string of the molecule is Oc1ccccc1CNCC(O)COCc1cccs1. The average Bonchev–Trinajstić information content (AvgIpc) is 2.94. The number of hydrogen-bond acceptors (Lipinski definition) is 5. The van der Waals surface area contributed by atoms with Crippen molar-refractivity contribution >= 4 is 11.3 Å². The Morgan fingerprint density at radius 3 is 2.80 bits per heavy atom. The molecule has 108 valence electrons. The predicted molar refractivity (Wildman–Crippen MR) is 79.8 cm³/mol. The molecule has 0 saturated heterocycles. The van der Waals surface area contributed by atoms with Gasteiger partial charge in [-0.05, 0) is 17.5 Å². The third-order valence-electron chi connectivity index (χ3n) is 2.82. The molecule has 0 saturated carbocycles. The number of aliphatic hydroxyl groups excluding tert-OH is 1. The van der Waals surface area contributed by atoms with E-state index in [4.69, 9.17) is 4.74 Å². The molecule has 0 bridgehead atoms. The van der Waals surface area contributed by atoms with Crippen LogP contribution in [0.25, 0.3) is 0 Å². The molecule has 0 aliphatic heterocycles. The van der Waals surface area contributed by atoms with E-state index in [-0.39, 0.29) is 5.75 Å². The molecule has 0 spiro atoms. The molecule has 0 fully saturated rings. The molecule has 2 rings (SSSR count). The molecule has 1 heterocycles. The van der Waals surface area contributed by atoms with Gasteiger partial charge in [0.1, 0.15) is 5.75 Å². The summed E-state index contributed by atoms with van der Waals surface area (Å²) in [5, 5.41) is 24.5.